The maximum Gasteiger partial charge on any atom is 0.356 e. The van der Waals surface area contributed by atoms with Crippen molar-refractivity contribution in [1.29, 1.82) is 0 Å². The summed E-state index contributed by atoms with van der Waals surface area (Å²) in [5.74, 6) is 0.631. The first-order chi connectivity index (χ1) is 12.0. The molecule has 0 aliphatic heterocycles. The Balaban J connectivity index is 1.71. The molecule has 2 rings (SSSR count). The molecule has 1 aromatic heterocycles. The number of rotatable bonds is 10. The second kappa shape index (κ2) is 9.91. The summed E-state index contributed by atoms with van der Waals surface area (Å²) in [7, 11) is 0. The van der Waals surface area contributed by atoms with E-state index in [1.165, 1.54) is 37.7 Å². The second-order valence-electron chi connectivity index (χ2n) is 7.80. The van der Waals surface area contributed by atoms with Crippen LogP contribution in [-0.2, 0) is 11.2 Å². The van der Waals surface area contributed by atoms with E-state index in [1.807, 2.05) is 12.3 Å². The van der Waals surface area contributed by atoms with E-state index >= 15 is 0 Å². The first kappa shape index (κ1) is 19.9. The van der Waals surface area contributed by atoms with Gasteiger partial charge in [0.15, 0.2) is 0 Å². The third kappa shape index (κ3) is 6.43. The normalized spacial score (nSPS) is 15.0. The summed E-state index contributed by atoms with van der Waals surface area (Å²) >= 11 is 0. The van der Waals surface area contributed by atoms with Crippen molar-refractivity contribution < 1.29 is 9.53 Å². The minimum absolute atomic E-state index is 0.325. The van der Waals surface area contributed by atoms with E-state index < -0.39 is 0 Å². The average Bonchev–Trinajstić information content (AvgIpc) is 2.53. The molecule has 0 amide bonds. The number of pyridine rings is 1. The van der Waals surface area contributed by atoms with Gasteiger partial charge in [-0.1, -0.05) is 31.7 Å². The van der Waals surface area contributed by atoms with Gasteiger partial charge < -0.3 is 4.74 Å². The zero-order valence-electron chi connectivity index (χ0n) is 16.3. The molecule has 1 aromatic rings. The van der Waals surface area contributed by atoms with Crippen molar-refractivity contribution >= 4 is 5.97 Å². The number of aryl methyl sites for hydroxylation is 1. The number of aromatic nitrogens is 1. The Morgan fingerprint density at radius 2 is 1.96 bits per heavy atom. The smallest absolute Gasteiger partial charge is 0.356 e. The summed E-state index contributed by atoms with van der Waals surface area (Å²) in [6.45, 7) is 9.79. The minimum Gasteiger partial charge on any atom is -0.460 e. The SMILES string of the molecule is CC(C)N(CCOC(=O)c1ccc(CCCC2CCC2)cn1)C(C)C. The molecule has 4 heteroatoms. The van der Waals surface area contributed by atoms with Gasteiger partial charge in [0.05, 0.1) is 0 Å². The highest BCUT2D eigenvalue weighted by Gasteiger charge is 2.17. The summed E-state index contributed by atoms with van der Waals surface area (Å²) in [5, 5.41) is 0. The molecule has 0 saturated heterocycles. The Hall–Kier alpha value is -1.42. The van der Waals surface area contributed by atoms with Gasteiger partial charge >= 0.3 is 5.97 Å². The molecule has 1 fully saturated rings. The number of hydrogen-bond donors (Lipinski definition) is 0. The highest BCUT2D eigenvalue weighted by atomic mass is 16.5. The lowest BCUT2D eigenvalue weighted by Crippen LogP contribution is -2.39. The van der Waals surface area contributed by atoms with E-state index in [9.17, 15) is 4.79 Å². The van der Waals surface area contributed by atoms with Crippen LogP contribution in [-0.4, -0.2) is 41.1 Å². The lowest BCUT2D eigenvalue weighted by atomic mass is 9.81. The third-order valence-electron chi connectivity index (χ3n) is 5.25. The van der Waals surface area contributed by atoms with Crippen molar-refractivity contribution in [2.75, 3.05) is 13.2 Å². The molecule has 1 aliphatic carbocycles. The van der Waals surface area contributed by atoms with Crippen LogP contribution >= 0.6 is 0 Å². The monoisotopic (exact) mass is 346 g/mol. The molecular formula is C21H34N2O2. The standard InChI is InChI=1S/C21H34N2O2/c1-16(2)23(17(3)4)13-14-25-21(24)20-12-11-19(15-22-20)10-6-9-18-7-5-8-18/h11-12,15-18H,5-10,13-14H2,1-4H3. The van der Waals surface area contributed by atoms with Crippen LogP contribution in [0.3, 0.4) is 0 Å². The van der Waals surface area contributed by atoms with E-state index in [4.69, 9.17) is 4.74 Å². The molecule has 1 saturated carbocycles. The summed E-state index contributed by atoms with van der Waals surface area (Å²) < 4.78 is 5.39. The Kier molecular flexibility index (Phi) is 7.89. The topological polar surface area (TPSA) is 42.4 Å². The fourth-order valence-electron chi connectivity index (χ4n) is 3.50. The van der Waals surface area contributed by atoms with Gasteiger partial charge in [0.1, 0.15) is 12.3 Å². The van der Waals surface area contributed by atoms with Gasteiger partial charge in [-0.25, -0.2) is 9.78 Å². The van der Waals surface area contributed by atoms with Crippen molar-refractivity contribution in [1.82, 2.24) is 9.88 Å². The fraction of sp³-hybridized carbons (Fsp3) is 0.714. The Bertz CT molecular complexity index is 513. The quantitative estimate of drug-likeness (QED) is 0.586. The highest BCUT2D eigenvalue weighted by Crippen LogP contribution is 2.30. The Morgan fingerprint density at radius 1 is 1.24 bits per heavy atom. The zero-order valence-corrected chi connectivity index (χ0v) is 16.3. The maximum absolute atomic E-state index is 12.1. The van der Waals surface area contributed by atoms with E-state index in [0.717, 1.165) is 18.9 Å². The molecule has 140 valence electrons. The Labute approximate surface area is 153 Å². The Morgan fingerprint density at radius 3 is 2.48 bits per heavy atom. The molecule has 0 aromatic carbocycles. The molecule has 0 bridgehead atoms. The number of nitrogens with zero attached hydrogens (tertiary/aromatic N) is 2. The number of carbonyl (C=O) groups excluding carboxylic acids is 1. The molecule has 0 unspecified atom stereocenters. The molecule has 0 radical (unpaired) electrons. The molecule has 25 heavy (non-hydrogen) atoms. The van der Waals surface area contributed by atoms with Gasteiger partial charge in [0.2, 0.25) is 0 Å². The molecule has 0 atom stereocenters. The first-order valence-electron chi connectivity index (χ1n) is 9.85. The van der Waals surface area contributed by atoms with Gasteiger partial charge in [0.25, 0.3) is 0 Å². The minimum atomic E-state index is -0.325. The van der Waals surface area contributed by atoms with E-state index in [1.54, 1.807) is 6.07 Å². The highest BCUT2D eigenvalue weighted by molar-refractivity contribution is 5.87. The van der Waals surface area contributed by atoms with Crippen molar-refractivity contribution in [3.05, 3.63) is 29.6 Å². The summed E-state index contributed by atoms with van der Waals surface area (Å²) in [6.07, 6.45) is 9.65. The van der Waals surface area contributed by atoms with Crippen LogP contribution in [0, 0.1) is 5.92 Å². The lowest BCUT2D eigenvalue weighted by molar-refractivity contribution is 0.0410. The van der Waals surface area contributed by atoms with E-state index in [-0.39, 0.29) is 5.97 Å². The molecule has 0 N–H and O–H groups in total. The zero-order chi connectivity index (χ0) is 18.2. The number of hydrogen-bond acceptors (Lipinski definition) is 4. The van der Waals surface area contributed by atoms with Crippen LogP contribution in [0.2, 0.25) is 0 Å². The van der Waals surface area contributed by atoms with Crippen molar-refractivity contribution in [2.45, 2.75) is 78.3 Å². The van der Waals surface area contributed by atoms with Crippen LogP contribution in [0.15, 0.2) is 18.3 Å². The van der Waals surface area contributed by atoms with Gasteiger partial charge in [0, 0.05) is 24.8 Å². The molecule has 4 nitrogen and oxygen atoms in total. The average molecular weight is 347 g/mol. The van der Waals surface area contributed by atoms with Crippen LogP contribution in [0.5, 0.6) is 0 Å². The van der Waals surface area contributed by atoms with Gasteiger partial charge in [-0.15, -0.1) is 0 Å². The maximum atomic E-state index is 12.1. The van der Waals surface area contributed by atoms with Crippen LogP contribution in [0.4, 0.5) is 0 Å². The van der Waals surface area contributed by atoms with Crippen LogP contribution < -0.4 is 0 Å². The van der Waals surface area contributed by atoms with Crippen molar-refractivity contribution in [3.8, 4) is 0 Å². The molecular weight excluding hydrogens is 312 g/mol. The third-order valence-corrected chi connectivity index (χ3v) is 5.25. The molecule has 1 aliphatic rings. The largest absolute Gasteiger partial charge is 0.460 e. The summed E-state index contributed by atoms with van der Waals surface area (Å²) in [4.78, 5) is 18.7. The van der Waals surface area contributed by atoms with E-state index in [2.05, 4.69) is 37.6 Å². The van der Waals surface area contributed by atoms with E-state index in [0.29, 0.717) is 24.4 Å². The van der Waals surface area contributed by atoms with Crippen LogP contribution in [0.1, 0.15) is 75.9 Å². The van der Waals surface area contributed by atoms with Gasteiger partial charge in [-0.05, 0) is 58.1 Å². The van der Waals surface area contributed by atoms with Crippen LogP contribution in [0.25, 0.3) is 0 Å². The summed E-state index contributed by atoms with van der Waals surface area (Å²) in [5.41, 5.74) is 1.62. The molecule has 0 spiro atoms. The molecule has 1 heterocycles. The first-order valence-corrected chi connectivity index (χ1v) is 9.85. The van der Waals surface area contributed by atoms with Gasteiger partial charge in [-0.3, -0.25) is 4.90 Å². The number of carbonyl (C=O) groups is 1. The van der Waals surface area contributed by atoms with Crippen molar-refractivity contribution in [2.24, 2.45) is 5.92 Å². The predicted octanol–water partition coefficient (Wildman–Crippen LogP) is 4.48. The van der Waals surface area contributed by atoms with Crippen molar-refractivity contribution in [3.63, 3.8) is 0 Å². The van der Waals surface area contributed by atoms with Gasteiger partial charge in [-0.2, -0.15) is 0 Å². The number of esters is 1. The summed E-state index contributed by atoms with van der Waals surface area (Å²) in [6, 6.07) is 4.69. The lowest BCUT2D eigenvalue weighted by Gasteiger charge is -2.30. The fourth-order valence-corrected chi connectivity index (χ4v) is 3.50. The predicted molar refractivity (Wildman–Crippen MR) is 102 cm³/mol. The second-order valence-corrected chi connectivity index (χ2v) is 7.80. The number of ether oxygens (including phenoxy) is 1.